The molecule has 0 unspecified atom stereocenters. The van der Waals surface area contributed by atoms with Gasteiger partial charge in [0.15, 0.2) is 11.5 Å². The molecule has 0 saturated carbocycles. The first-order valence-corrected chi connectivity index (χ1v) is 10.4. The number of nitrogens with one attached hydrogen (secondary N) is 1. The topological polar surface area (TPSA) is 89.7 Å². The van der Waals surface area contributed by atoms with E-state index in [1.165, 1.54) is 0 Å². The Labute approximate surface area is 185 Å². The normalized spacial score (nSPS) is 12.4. The Bertz CT molecular complexity index is 1060. The van der Waals surface area contributed by atoms with Crippen LogP contribution in [0.1, 0.15) is 24.8 Å². The Morgan fingerprint density at radius 1 is 1.16 bits per heavy atom. The summed E-state index contributed by atoms with van der Waals surface area (Å²) in [6.45, 7) is 4.02. The molecular formula is C22H23ClN4O4. The Morgan fingerprint density at radius 2 is 2.00 bits per heavy atom. The van der Waals surface area contributed by atoms with Gasteiger partial charge in [0.2, 0.25) is 24.5 Å². The summed E-state index contributed by atoms with van der Waals surface area (Å²) >= 11 is 6.20. The van der Waals surface area contributed by atoms with Crippen molar-refractivity contribution in [3.63, 3.8) is 0 Å². The molecule has 0 radical (unpaired) electrons. The van der Waals surface area contributed by atoms with Crippen LogP contribution in [0.4, 0.5) is 0 Å². The van der Waals surface area contributed by atoms with Gasteiger partial charge in [-0.1, -0.05) is 36.7 Å². The van der Waals surface area contributed by atoms with Crippen LogP contribution in [0, 0.1) is 0 Å². The van der Waals surface area contributed by atoms with Crippen LogP contribution >= 0.6 is 11.6 Å². The highest BCUT2D eigenvalue weighted by Crippen LogP contribution is 2.32. The molecule has 4 rings (SSSR count). The van der Waals surface area contributed by atoms with Crippen molar-refractivity contribution in [2.24, 2.45) is 0 Å². The molecule has 9 heteroatoms. The van der Waals surface area contributed by atoms with Crippen LogP contribution in [0.15, 0.2) is 46.9 Å². The number of nitrogens with zero attached hydrogens (tertiary/aromatic N) is 3. The lowest BCUT2D eigenvalue weighted by Crippen LogP contribution is -2.37. The van der Waals surface area contributed by atoms with Crippen molar-refractivity contribution in [3.05, 3.63) is 58.9 Å². The number of fused-ring (bicyclic) bond motifs is 1. The van der Waals surface area contributed by atoms with Gasteiger partial charge in [-0.3, -0.25) is 9.69 Å². The number of rotatable bonds is 9. The molecule has 1 N–H and O–H groups in total. The first kappa shape index (κ1) is 21.1. The van der Waals surface area contributed by atoms with Crippen LogP contribution < -0.4 is 14.8 Å². The maximum Gasteiger partial charge on any atom is 0.249 e. The summed E-state index contributed by atoms with van der Waals surface area (Å²) in [6.07, 6.45) is 0.890. The molecule has 2 heterocycles. The van der Waals surface area contributed by atoms with E-state index in [1.54, 1.807) is 6.07 Å². The number of carbonyl (C=O) groups excluding carboxylic acids is 1. The van der Waals surface area contributed by atoms with Crippen molar-refractivity contribution in [2.45, 2.75) is 26.4 Å². The maximum absolute atomic E-state index is 12.5. The molecule has 1 aliphatic heterocycles. The van der Waals surface area contributed by atoms with Crippen molar-refractivity contribution < 1.29 is 18.7 Å². The number of aromatic nitrogens is 2. The summed E-state index contributed by atoms with van der Waals surface area (Å²) in [5.41, 5.74) is 1.63. The maximum atomic E-state index is 12.5. The van der Waals surface area contributed by atoms with E-state index in [1.807, 2.05) is 41.3 Å². The smallest absolute Gasteiger partial charge is 0.249 e. The summed E-state index contributed by atoms with van der Waals surface area (Å²) in [5.74, 6) is 2.14. The van der Waals surface area contributed by atoms with E-state index in [-0.39, 0.29) is 19.2 Å². The fraction of sp³-hybridized carbons (Fsp3) is 0.318. The summed E-state index contributed by atoms with van der Waals surface area (Å²) < 4.78 is 16.5. The molecule has 1 amide bonds. The van der Waals surface area contributed by atoms with Gasteiger partial charge >= 0.3 is 0 Å². The largest absolute Gasteiger partial charge is 0.454 e. The van der Waals surface area contributed by atoms with Crippen molar-refractivity contribution in [1.82, 2.24) is 20.4 Å². The van der Waals surface area contributed by atoms with E-state index in [2.05, 4.69) is 22.4 Å². The summed E-state index contributed by atoms with van der Waals surface area (Å²) in [7, 11) is 0. The molecule has 0 fully saturated rings. The van der Waals surface area contributed by atoms with Crippen LogP contribution in [0.5, 0.6) is 11.5 Å². The number of amides is 1. The second-order valence-corrected chi connectivity index (χ2v) is 7.56. The highest BCUT2D eigenvalue weighted by Gasteiger charge is 2.17. The molecule has 2 aromatic carbocycles. The van der Waals surface area contributed by atoms with Gasteiger partial charge in [-0.2, -0.15) is 0 Å². The average Bonchev–Trinajstić information content (AvgIpc) is 3.42. The predicted octanol–water partition coefficient (Wildman–Crippen LogP) is 3.65. The molecule has 8 nitrogen and oxygen atoms in total. The van der Waals surface area contributed by atoms with Gasteiger partial charge in [-0.15, -0.1) is 10.2 Å². The van der Waals surface area contributed by atoms with Crippen molar-refractivity contribution in [3.8, 4) is 23.0 Å². The lowest BCUT2D eigenvalue weighted by Gasteiger charge is -2.19. The molecule has 31 heavy (non-hydrogen) atoms. The van der Waals surface area contributed by atoms with Crippen LogP contribution in [-0.2, 0) is 17.9 Å². The fourth-order valence-electron chi connectivity index (χ4n) is 3.29. The van der Waals surface area contributed by atoms with Gasteiger partial charge in [-0.25, -0.2) is 0 Å². The van der Waals surface area contributed by atoms with Crippen LogP contribution in [0.25, 0.3) is 11.5 Å². The average molecular weight is 443 g/mol. The van der Waals surface area contributed by atoms with E-state index in [9.17, 15) is 4.79 Å². The lowest BCUT2D eigenvalue weighted by atomic mass is 10.2. The highest BCUT2D eigenvalue weighted by molar-refractivity contribution is 6.33. The molecular weight excluding hydrogens is 420 g/mol. The first-order chi connectivity index (χ1) is 15.1. The minimum absolute atomic E-state index is 0.0861. The molecule has 3 aromatic rings. The third-order valence-corrected chi connectivity index (χ3v) is 5.09. The number of halogens is 1. The highest BCUT2D eigenvalue weighted by atomic mass is 35.5. The Balaban J connectivity index is 1.33. The van der Waals surface area contributed by atoms with Gasteiger partial charge < -0.3 is 19.2 Å². The van der Waals surface area contributed by atoms with Crippen LogP contribution in [-0.4, -0.2) is 40.9 Å². The number of hydrogen-bond acceptors (Lipinski definition) is 7. The number of benzene rings is 2. The monoisotopic (exact) mass is 442 g/mol. The Morgan fingerprint density at radius 3 is 2.84 bits per heavy atom. The Hall–Kier alpha value is -3.10. The Kier molecular flexibility index (Phi) is 6.69. The van der Waals surface area contributed by atoms with Gasteiger partial charge in [0.1, 0.15) is 0 Å². The second kappa shape index (κ2) is 9.80. The van der Waals surface area contributed by atoms with Crippen molar-refractivity contribution in [2.75, 3.05) is 19.9 Å². The zero-order valence-corrected chi connectivity index (χ0v) is 17.9. The minimum Gasteiger partial charge on any atom is -0.454 e. The van der Waals surface area contributed by atoms with Crippen LogP contribution in [0.2, 0.25) is 5.02 Å². The molecule has 1 aliphatic rings. The quantitative estimate of drug-likeness (QED) is 0.541. The van der Waals surface area contributed by atoms with E-state index >= 15 is 0 Å². The standard InChI is InChI=1S/C22H23ClN4O4/c1-2-9-27(13-21-25-26-22(31-21)16-5-3-4-6-17(16)23)12-20(28)24-11-15-7-8-18-19(10-15)30-14-29-18/h3-8,10H,2,9,11-14H2,1H3,(H,24,28). The summed E-state index contributed by atoms with van der Waals surface area (Å²) in [6, 6.07) is 12.9. The molecule has 162 valence electrons. The van der Waals surface area contributed by atoms with Gasteiger partial charge in [0.25, 0.3) is 0 Å². The van der Waals surface area contributed by atoms with Gasteiger partial charge in [0.05, 0.1) is 23.7 Å². The van der Waals surface area contributed by atoms with E-state index in [0.29, 0.717) is 41.2 Å². The zero-order valence-electron chi connectivity index (χ0n) is 17.1. The minimum atomic E-state index is -0.0861. The fourth-order valence-corrected chi connectivity index (χ4v) is 3.51. The van der Waals surface area contributed by atoms with Gasteiger partial charge in [0, 0.05) is 6.54 Å². The molecule has 1 aromatic heterocycles. The number of hydrogen-bond donors (Lipinski definition) is 1. The summed E-state index contributed by atoms with van der Waals surface area (Å²) in [5, 5.41) is 11.7. The molecule has 0 spiro atoms. The SMILES string of the molecule is CCCN(CC(=O)NCc1ccc2c(c1)OCO2)Cc1nnc(-c2ccccc2Cl)o1. The number of ether oxygens (including phenoxy) is 2. The zero-order chi connectivity index (χ0) is 21.6. The predicted molar refractivity (Wildman–Crippen MR) is 115 cm³/mol. The van der Waals surface area contributed by atoms with E-state index in [4.69, 9.17) is 25.5 Å². The van der Waals surface area contributed by atoms with E-state index in [0.717, 1.165) is 24.3 Å². The molecule has 0 saturated heterocycles. The van der Waals surface area contributed by atoms with Gasteiger partial charge in [-0.05, 0) is 42.8 Å². The van der Waals surface area contributed by atoms with Crippen molar-refractivity contribution >= 4 is 17.5 Å². The second-order valence-electron chi connectivity index (χ2n) is 7.16. The third-order valence-electron chi connectivity index (χ3n) is 4.76. The lowest BCUT2D eigenvalue weighted by molar-refractivity contribution is -0.122. The molecule has 0 bridgehead atoms. The van der Waals surface area contributed by atoms with Crippen molar-refractivity contribution in [1.29, 1.82) is 0 Å². The number of carbonyl (C=O) groups is 1. The molecule has 0 aliphatic carbocycles. The molecule has 0 atom stereocenters. The van der Waals surface area contributed by atoms with Crippen LogP contribution in [0.3, 0.4) is 0 Å². The first-order valence-electron chi connectivity index (χ1n) is 10.1. The van der Waals surface area contributed by atoms with E-state index < -0.39 is 0 Å². The third kappa shape index (κ3) is 5.34. The summed E-state index contributed by atoms with van der Waals surface area (Å²) in [4.78, 5) is 14.5.